The summed E-state index contributed by atoms with van der Waals surface area (Å²) in [5, 5.41) is 0. The quantitative estimate of drug-likeness (QED) is 0.172. The molecule has 2 aromatic heterocycles. The highest BCUT2D eigenvalue weighted by atomic mass is 16.5. The molecule has 1 spiro atoms. The van der Waals surface area contributed by atoms with Gasteiger partial charge in [0, 0.05) is 0 Å². The largest absolute Gasteiger partial charge is 0.453 e. The highest BCUT2D eigenvalue weighted by Crippen LogP contribution is 2.66. The van der Waals surface area contributed by atoms with Crippen LogP contribution in [-0.2, 0) is 5.66 Å². The van der Waals surface area contributed by atoms with Crippen LogP contribution in [0.2, 0.25) is 0 Å². The van der Waals surface area contributed by atoms with Crippen LogP contribution < -0.4 is 28.5 Å². The van der Waals surface area contributed by atoms with E-state index >= 15 is 0 Å². The number of para-hydroxylation sites is 4. The molecule has 7 heterocycles. The first-order valence-corrected chi connectivity index (χ1v) is 17.6. The van der Waals surface area contributed by atoms with Crippen molar-refractivity contribution in [3.63, 3.8) is 0 Å². The molecule has 242 valence electrons. The van der Waals surface area contributed by atoms with Crippen LogP contribution in [0.15, 0.2) is 164 Å². The molecule has 0 radical (unpaired) electrons. The molecule has 7 nitrogen and oxygen atoms in total. The predicted octanol–water partition coefficient (Wildman–Crippen LogP) is 9.78. The van der Waals surface area contributed by atoms with Crippen molar-refractivity contribution in [2.45, 2.75) is 5.66 Å². The third kappa shape index (κ3) is 3.02. The van der Waals surface area contributed by atoms with Gasteiger partial charge in [-0.3, -0.25) is 0 Å². The maximum Gasteiger partial charge on any atom is 0.394 e. The number of hydrogen-bond acceptors (Lipinski definition) is 4. The summed E-state index contributed by atoms with van der Waals surface area (Å²) in [6.07, 6.45) is 6.81. The first-order valence-electron chi connectivity index (χ1n) is 17.6. The molecule has 8 aromatic rings. The molecule has 6 aromatic carbocycles. The molecule has 0 aliphatic carbocycles. The minimum absolute atomic E-state index is 0.807. The van der Waals surface area contributed by atoms with Gasteiger partial charge in [-0.15, -0.1) is 4.68 Å². The SMILES string of the molecule is c1ccc(-c2ccc(-c3cn4[n+](c3)C35c6c(cccc6-4)N4c6ccccc6Oc6ccc(c3c64)N3c4ccccc4Oc4ccc[n+]5c43)cc2)cc1. The third-order valence-electron chi connectivity index (χ3n) is 11.3. The standard InChI is InChI=1S/C45H27N5O2/c1-2-10-28(11-3-1)29-19-21-30(22-20-29)31-26-47-34-14-8-15-35-41(34)45(48(47)27-31)42-36(23-24-39-43(42)49(35)32-12-4-6-16-37(32)51-39)50-33-13-5-7-17-38(33)52-40-18-9-25-46(45)44(40)50/h1-27H/q+2. The fourth-order valence-corrected chi connectivity index (χ4v) is 9.32. The van der Waals surface area contributed by atoms with Crippen LogP contribution in [0.25, 0.3) is 27.9 Å². The fourth-order valence-electron chi connectivity index (χ4n) is 9.32. The maximum absolute atomic E-state index is 6.78. The summed E-state index contributed by atoms with van der Waals surface area (Å²) in [6.45, 7) is 0. The number of rotatable bonds is 2. The van der Waals surface area contributed by atoms with E-state index in [1.807, 2.05) is 18.2 Å². The van der Waals surface area contributed by atoms with E-state index in [0.717, 1.165) is 79.6 Å². The third-order valence-corrected chi connectivity index (χ3v) is 11.3. The number of hydrogen-bond donors (Lipinski definition) is 0. The van der Waals surface area contributed by atoms with Gasteiger partial charge in [0.05, 0.1) is 29.3 Å². The van der Waals surface area contributed by atoms with Crippen LogP contribution in [0.4, 0.5) is 34.3 Å². The zero-order valence-electron chi connectivity index (χ0n) is 27.6. The summed E-state index contributed by atoms with van der Waals surface area (Å²) in [7, 11) is 0. The summed E-state index contributed by atoms with van der Waals surface area (Å²) in [6, 6.07) is 51.4. The lowest BCUT2D eigenvalue weighted by Crippen LogP contribution is -2.77. The van der Waals surface area contributed by atoms with E-state index in [4.69, 9.17) is 9.47 Å². The van der Waals surface area contributed by atoms with Crippen molar-refractivity contribution in [1.29, 1.82) is 0 Å². The number of fused-ring (bicyclic) bond motifs is 8. The topological polar surface area (TPSA) is 37.6 Å². The Morgan fingerprint density at radius 2 is 1.06 bits per heavy atom. The van der Waals surface area contributed by atoms with Crippen LogP contribution in [0.1, 0.15) is 11.1 Å². The minimum atomic E-state index is -0.807. The van der Waals surface area contributed by atoms with Crippen molar-refractivity contribution in [1.82, 2.24) is 4.68 Å². The predicted molar refractivity (Wildman–Crippen MR) is 198 cm³/mol. The highest BCUT2D eigenvalue weighted by molar-refractivity contribution is 5.99. The number of anilines is 6. The van der Waals surface area contributed by atoms with Gasteiger partial charge < -0.3 is 14.4 Å². The van der Waals surface area contributed by atoms with Gasteiger partial charge in [-0.2, -0.15) is 9.47 Å². The van der Waals surface area contributed by atoms with Gasteiger partial charge >= 0.3 is 11.5 Å². The van der Waals surface area contributed by atoms with Crippen molar-refractivity contribution in [3.05, 3.63) is 175 Å². The van der Waals surface area contributed by atoms with Gasteiger partial charge in [0.1, 0.15) is 16.9 Å². The normalized spacial score (nSPS) is 16.8. The Hall–Kier alpha value is -7.12. The Morgan fingerprint density at radius 1 is 0.442 bits per heavy atom. The lowest BCUT2D eigenvalue weighted by molar-refractivity contribution is -0.991. The minimum Gasteiger partial charge on any atom is -0.453 e. The van der Waals surface area contributed by atoms with Gasteiger partial charge in [-0.05, 0) is 77.4 Å². The first kappa shape index (κ1) is 26.7. The molecule has 0 amide bonds. The molecular weight excluding hydrogens is 643 g/mol. The van der Waals surface area contributed by atoms with Gasteiger partial charge in [-0.1, -0.05) is 89.6 Å². The molecule has 1 atom stereocenters. The molecule has 0 N–H and O–H groups in total. The molecular formula is C45H27N5O2+2. The van der Waals surface area contributed by atoms with Crippen molar-refractivity contribution >= 4 is 34.3 Å². The second-order valence-electron chi connectivity index (χ2n) is 13.9. The summed E-state index contributed by atoms with van der Waals surface area (Å²) < 4.78 is 20.7. The second kappa shape index (κ2) is 9.15. The molecule has 0 fully saturated rings. The molecule has 5 aliphatic heterocycles. The van der Waals surface area contributed by atoms with Crippen molar-refractivity contribution < 1.29 is 18.7 Å². The molecule has 1 unspecified atom stereocenters. The Balaban J connectivity index is 1.14. The van der Waals surface area contributed by atoms with E-state index in [1.165, 1.54) is 16.7 Å². The summed E-state index contributed by atoms with van der Waals surface area (Å²) in [5.74, 6) is 4.29. The van der Waals surface area contributed by atoms with Gasteiger partial charge in [-0.25, -0.2) is 0 Å². The van der Waals surface area contributed by atoms with Crippen LogP contribution in [0, 0.1) is 0 Å². The molecule has 0 saturated heterocycles. The number of aromatic nitrogens is 3. The fraction of sp³-hybridized carbons (Fsp3) is 0.0222. The van der Waals surface area contributed by atoms with E-state index in [1.54, 1.807) is 0 Å². The van der Waals surface area contributed by atoms with E-state index in [0.29, 0.717) is 0 Å². The van der Waals surface area contributed by atoms with Crippen LogP contribution in [0.5, 0.6) is 23.0 Å². The van der Waals surface area contributed by atoms with Crippen molar-refractivity contribution in [2.75, 3.05) is 9.80 Å². The molecule has 7 heteroatoms. The number of pyridine rings is 1. The van der Waals surface area contributed by atoms with E-state index in [-0.39, 0.29) is 0 Å². The lowest BCUT2D eigenvalue weighted by Gasteiger charge is -2.44. The summed E-state index contributed by atoms with van der Waals surface area (Å²) >= 11 is 0. The Morgan fingerprint density at radius 3 is 1.87 bits per heavy atom. The lowest BCUT2D eigenvalue weighted by atomic mass is 9.79. The average molecular weight is 670 g/mol. The Labute approximate surface area is 298 Å². The van der Waals surface area contributed by atoms with Crippen molar-refractivity contribution in [3.8, 4) is 50.9 Å². The summed E-state index contributed by atoms with van der Waals surface area (Å²) in [4.78, 5) is 4.79. The highest BCUT2D eigenvalue weighted by Gasteiger charge is 2.71. The Kier molecular flexibility index (Phi) is 4.70. The van der Waals surface area contributed by atoms with E-state index in [9.17, 15) is 0 Å². The van der Waals surface area contributed by atoms with E-state index in [2.05, 4.69) is 170 Å². The second-order valence-corrected chi connectivity index (χ2v) is 13.9. The van der Waals surface area contributed by atoms with Crippen LogP contribution >= 0.6 is 0 Å². The molecule has 13 rings (SSSR count). The van der Waals surface area contributed by atoms with Crippen LogP contribution in [0.3, 0.4) is 0 Å². The smallest absolute Gasteiger partial charge is 0.394 e. The van der Waals surface area contributed by atoms with Gasteiger partial charge in [0.2, 0.25) is 11.9 Å². The monoisotopic (exact) mass is 669 g/mol. The number of ether oxygens (including phenoxy) is 2. The summed E-state index contributed by atoms with van der Waals surface area (Å²) in [5.41, 5.74) is 12.7. The van der Waals surface area contributed by atoms with Gasteiger partial charge in [0.25, 0.3) is 0 Å². The van der Waals surface area contributed by atoms with Gasteiger partial charge in [0.15, 0.2) is 34.2 Å². The molecule has 52 heavy (non-hydrogen) atoms. The zero-order valence-corrected chi connectivity index (χ0v) is 27.6. The first-order chi connectivity index (χ1) is 25.8. The maximum atomic E-state index is 6.78. The Bertz CT molecular complexity index is 2880. The molecule has 0 bridgehead atoms. The average Bonchev–Trinajstić information content (AvgIpc) is 3.76. The molecule has 5 aliphatic rings. The number of nitrogens with zero attached hydrogens (tertiary/aromatic N) is 5. The van der Waals surface area contributed by atoms with E-state index < -0.39 is 5.66 Å². The zero-order chi connectivity index (χ0) is 33.7. The molecule has 0 saturated carbocycles. The number of benzene rings is 6. The van der Waals surface area contributed by atoms with Crippen LogP contribution in [-0.4, -0.2) is 4.68 Å². The van der Waals surface area contributed by atoms with Crippen molar-refractivity contribution in [2.24, 2.45) is 0 Å².